The molecule has 0 bridgehead atoms. The van der Waals surface area contributed by atoms with Crippen molar-refractivity contribution in [1.82, 2.24) is 9.80 Å². The van der Waals surface area contributed by atoms with E-state index >= 15 is 0 Å². The van der Waals surface area contributed by atoms with E-state index in [-0.39, 0.29) is 18.0 Å². The van der Waals surface area contributed by atoms with Gasteiger partial charge in [0.2, 0.25) is 0 Å². The lowest BCUT2D eigenvalue weighted by Gasteiger charge is -2.36. The van der Waals surface area contributed by atoms with Crippen molar-refractivity contribution in [2.24, 2.45) is 5.92 Å². The number of carbonyl (C=O) groups excluding carboxylic acids is 1. The van der Waals surface area contributed by atoms with E-state index in [0.717, 1.165) is 74.0 Å². The normalized spacial score (nSPS) is 19.3. The summed E-state index contributed by atoms with van der Waals surface area (Å²) in [4.78, 5) is 21.1. The first-order valence-corrected chi connectivity index (χ1v) is 16.1. The predicted molar refractivity (Wildman–Crippen MR) is 159 cm³/mol. The van der Waals surface area contributed by atoms with E-state index in [1.165, 1.54) is 43.2 Å². The molecule has 2 fully saturated rings. The van der Waals surface area contributed by atoms with Gasteiger partial charge in [0.25, 0.3) is 0 Å². The van der Waals surface area contributed by atoms with Crippen LogP contribution in [0.4, 0.5) is 24.5 Å². The van der Waals surface area contributed by atoms with Crippen molar-refractivity contribution in [1.29, 1.82) is 0 Å². The molecule has 0 aromatic heterocycles. The van der Waals surface area contributed by atoms with Crippen LogP contribution in [-0.4, -0.2) is 80.9 Å². The van der Waals surface area contributed by atoms with E-state index in [9.17, 15) is 18.0 Å². The number of piperazine rings is 1. The number of rotatable bonds is 11. The summed E-state index contributed by atoms with van der Waals surface area (Å²) in [6, 6.07) is 12.0. The predicted octanol–water partition coefficient (Wildman–Crippen LogP) is 6.84. The van der Waals surface area contributed by atoms with Gasteiger partial charge in [0.15, 0.2) is 0 Å². The zero-order chi connectivity index (χ0) is 29.5. The van der Waals surface area contributed by atoms with Gasteiger partial charge in [-0.3, -0.25) is 9.69 Å². The number of esters is 1. The average Bonchev–Trinajstić information content (AvgIpc) is 3.00. The van der Waals surface area contributed by atoms with Crippen molar-refractivity contribution in [3.05, 3.63) is 48.0 Å². The van der Waals surface area contributed by atoms with E-state index in [0.29, 0.717) is 25.4 Å². The summed E-state index contributed by atoms with van der Waals surface area (Å²) in [6.07, 6.45) is 2.65. The molecule has 2 aromatic rings. The number of benzene rings is 2. The van der Waals surface area contributed by atoms with E-state index in [1.54, 1.807) is 6.07 Å². The zero-order valence-corrected chi connectivity index (χ0v) is 25.2. The highest BCUT2D eigenvalue weighted by molar-refractivity contribution is 7.99. The van der Waals surface area contributed by atoms with Crippen LogP contribution in [0.5, 0.6) is 0 Å². The summed E-state index contributed by atoms with van der Waals surface area (Å²) in [5, 5.41) is 0. The number of carbonyl (C=O) groups is 1. The molecule has 3 aliphatic rings. The highest BCUT2D eigenvalue weighted by atomic mass is 32.2. The van der Waals surface area contributed by atoms with E-state index < -0.39 is 11.7 Å². The molecule has 10 heteroatoms. The van der Waals surface area contributed by atoms with Crippen LogP contribution in [0.3, 0.4) is 0 Å². The van der Waals surface area contributed by atoms with Gasteiger partial charge in [-0.05, 0) is 63.1 Å². The van der Waals surface area contributed by atoms with Gasteiger partial charge in [0.05, 0.1) is 35.6 Å². The topological polar surface area (TPSA) is 45.3 Å². The van der Waals surface area contributed by atoms with Crippen LogP contribution >= 0.6 is 11.8 Å². The lowest BCUT2D eigenvalue weighted by Crippen LogP contribution is -2.47. The Morgan fingerprint density at radius 3 is 2.36 bits per heavy atom. The van der Waals surface area contributed by atoms with Crippen LogP contribution in [0.1, 0.15) is 51.0 Å². The fourth-order valence-corrected chi connectivity index (χ4v) is 7.01. The van der Waals surface area contributed by atoms with Crippen molar-refractivity contribution >= 4 is 29.1 Å². The number of anilines is 2. The Hall–Kier alpha value is -2.27. The van der Waals surface area contributed by atoms with E-state index in [4.69, 9.17) is 9.47 Å². The fraction of sp³-hybridized carbons (Fsp3) is 0.594. The van der Waals surface area contributed by atoms with Crippen LogP contribution in [0.2, 0.25) is 0 Å². The zero-order valence-electron chi connectivity index (χ0n) is 24.4. The highest BCUT2D eigenvalue weighted by Crippen LogP contribution is 2.49. The Balaban J connectivity index is 1.03. The Labute approximate surface area is 251 Å². The first-order chi connectivity index (χ1) is 20.3. The molecule has 5 rings (SSSR count). The summed E-state index contributed by atoms with van der Waals surface area (Å²) in [5.74, 6) is -0.438. The minimum atomic E-state index is -4.37. The Bertz CT molecular complexity index is 1180. The lowest BCUT2D eigenvalue weighted by molar-refractivity contribution is -0.151. The van der Waals surface area contributed by atoms with Gasteiger partial charge < -0.3 is 19.3 Å². The van der Waals surface area contributed by atoms with Gasteiger partial charge in [-0.15, -0.1) is 0 Å². The van der Waals surface area contributed by atoms with Crippen molar-refractivity contribution < 1.29 is 27.4 Å². The van der Waals surface area contributed by atoms with Crippen LogP contribution < -0.4 is 4.90 Å². The molecule has 2 aromatic carbocycles. The molecule has 1 saturated carbocycles. The van der Waals surface area contributed by atoms with Gasteiger partial charge in [0, 0.05) is 49.1 Å². The maximum absolute atomic E-state index is 13.5. The second-order valence-electron chi connectivity index (χ2n) is 11.6. The summed E-state index contributed by atoms with van der Waals surface area (Å²) in [6.45, 7) is 8.57. The standard InChI is InChI=1S/C32H42F3N3O3S/c1-24(23-41-26-8-3-2-4-9-26)31(39)40-21-20-37-18-16-36(17-19-37)14-7-15-38-27-10-5-6-11-29(27)42-30-13-12-25(22-28(30)38)32(33,34)35/h5-6,10-13,22,24,26H,2-4,7-9,14-21,23H2,1H3. The number of para-hydroxylation sites is 1. The molecule has 1 unspecified atom stereocenters. The molecule has 230 valence electrons. The molecule has 42 heavy (non-hydrogen) atoms. The first kappa shape index (κ1) is 31.2. The van der Waals surface area contributed by atoms with E-state index in [2.05, 4.69) is 9.80 Å². The Kier molecular flexibility index (Phi) is 10.7. The summed E-state index contributed by atoms with van der Waals surface area (Å²) < 4.78 is 51.9. The number of ether oxygens (including phenoxy) is 2. The molecule has 0 amide bonds. The minimum Gasteiger partial charge on any atom is -0.464 e. The fourth-order valence-electron chi connectivity index (χ4n) is 5.93. The van der Waals surface area contributed by atoms with Crippen LogP contribution in [-0.2, 0) is 20.4 Å². The molecule has 1 saturated heterocycles. The van der Waals surface area contributed by atoms with Crippen LogP contribution in [0, 0.1) is 5.92 Å². The number of alkyl halides is 3. The highest BCUT2D eigenvalue weighted by Gasteiger charge is 2.33. The number of halogens is 3. The minimum absolute atomic E-state index is 0.189. The molecule has 0 spiro atoms. The SMILES string of the molecule is CC(COC1CCCCC1)C(=O)OCCN1CCN(CCCN2c3ccccc3Sc3ccc(C(F)(F)F)cc32)CC1. The second-order valence-corrected chi connectivity index (χ2v) is 12.7. The van der Waals surface area contributed by atoms with E-state index in [1.807, 2.05) is 36.1 Å². The quantitative estimate of drug-likeness (QED) is 0.260. The summed E-state index contributed by atoms with van der Waals surface area (Å²) in [5.41, 5.74) is 0.974. The molecule has 0 radical (unpaired) electrons. The smallest absolute Gasteiger partial charge is 0.416 e. The number of hydrogen-bond acceptors (Lipinski definition) is 7. The molecule has 2 heterocycles. The molecule has 0 N–H and O–H groups in total. The molecule has 1 aliphatic carbocycles. The maximum Gasteiger partial charge on any atom is 0.416 e. The van der Waals surface area contributed by atoms with Crippen LogP contribution in [0.15, 0.2) is 52.3 Å². The summed E-state index contributed by atoms with van der Waals surface area (Å²) >= 11 is 1.52. The molecule has 6 nitrogen and oxygen atoms in total. The second kappa shape index (κ2) is 14.5. The van der Waals surface area contributed by atoms with Gasteiger partial charge in [0.1, 0.15) is 6.61 Å². The van der Waals surface area contributed by atoms with Gasteiger partial charge >= 0.3 is 12.1 Å². The number of hydrogen-bond donors (Lipinski definition) is 0. The lowest BCUT2D eigenvalue weighted by atomic mass is 9.98. The number of nitrogens with zero attached hydrogens (tertiary/aromatic N) is 3. The molecular formula is C32H42F3N3O3S. The molecule has 1 atom stereocenters. The van der Waals surface area contributed by atoms with Gasteiger partial charge in [-0.25, -0.2) is 0 Å². The van der Waals surface area contributed by atoms with Crippen molar-refractivity contribution in [2.75, 3.05) is 63.9 Å². The Morgan fingerprint density at radius 2 is 1.62 bits per heavy atom. The van der Waals surface area contributed by atoms with Crippen molar-refractivity contribution in [3.8, 4) is 0 Å². The Morgan fingerprint density at radius 1 is 0.929 bits per heavy atom. The first-order valence-electron chi connectivity index (χ1n) is 15.3. The van der Waals surface area contributed by atoms with Gasteiger partial charge in [-0.2, -0.15) is 13.2 Å². The maximum atomic E-state index is 13.5. The van der Waals surface area contributed by atoms with Crippen LogP contribution in [0.25, 0.3) is 0 Å². The third-order valence-corrected chi connectivity index (χ3v) is 9.59. The third kappa shape index (κ3) is 8.21. The van der Waals surface area contributed by atoms with Crippen molar-refractivity contribution in [2.45, 2.75) is 67.5 Å². The third-order valence-electron chi connectivity index (χ3n) is 8.46. The molecular weight excluding hydrogens is 563 g/mol. The van der Waals surface area contributed by atoms with Crippen molar-refractivity contribution in [3.63, 3.8) is 0 Å². The monoisotopic (exact) mass is 605 g/mol. The summed E-state index contributed by atoms with van der Waals surface area (Å²) in [7, 11) is 0. The van der Waals surface area contributed by atoms with Gasteiger partial charge in [-0.1, -0.05) is 43.2 Å². The molecule has 2 aliphatic heterocycles. The average molecular weight is 606 g/mol. The largest absolute Gasteiger partial charge is 0.464 e. The number of fused-ring (bicyclic) bond motifs is 2.